The smallest absolute Gasteiger partial charge is 0.228 e. The SMILES string of the molecule is O=C(NCCCc1ccccc1)C1CC1C(=O)Nc1ccc(Cl)cc1Cl. The maximum atomic E-state index is 12.3. The second kappa shape index (κ2) is 8.56. The summed E-state index contributed by atoms with van der Waals surface area (Å²) in [4.78, 5) is 24.4. The minimum Gasteiger partial charge on any atom is -0.356 e. The predicted octanol–water partition coefficient (Wildman–Crippen LogP) is 4.32. The Labute approximate surface area is 162 Å². The highest BCUT2D eigenvalue weighted by Crippen LogP contribution is 2.40. The van der Waals surface area contributed by atoms with Crippen LogP contribution in [-0.2, 0) is 16.0 Å². The molecule has 3 rings (SSSR count). The first kappa shape index (κ1) is 18.7. The molecule has 26 heavy (non-hydrogen) atoms. The highest BCUT2D eigenvalue weighted by molar-refractivity contribution is 6.36. The lowest BCUT2D eigenvalue weighted by molar-refractivity contribution is -0.125. The van der Waals surface area contributed by atoms with Crippen LogP contribution in [-0.4, -0.2) is 18.4 Å². The van der Waals surface area contributed by atoms with E-state index in [0.717, 1.165) is 12.8 Å². The van der Waals surface area contributed by atoms with Gasteiger partial charge in [-0.3, -0.25) is 9.59 Å². The standard InChI is InChI=1S/C20H20Cl2N2O2/c21-14-8-9-18(17(22)11-14)24-20(26)16-12-15(16)19(25)23-10-4-7-13-5-2-1-3-6-13/h1-3,5-6,8-9,11,15-16H,4,7,10,12H2,(H,23,25)(H,24,26). The molecule has 1 aliphatic rings. The van der Waals surface area contributed by atoms with Crippen LogP contribution < -0.4 is 10.6 Å². The summed E-state index contributed by atoms with van der Waals surface area (Å²) >= 11 is 11.9. The van der Waals surface area contributed by atoms with E-state index in [1.807, 2.05) is 18.2 Å². The average molecular weight is 391 g/mol. The molecule has 6 heteroatoms. The monoisotopic (exact) mass is 390 g/mol. The summed E-state index contributed by atoms with van der Waals surface area (Å²) in [6, 6.07) is 15.0. The highest BCUT2D eigenvalue weighted by atomic mass is 35.5. The zero-order valence-electron chi connectivity index (χ0n) is 14.2. The summed E-state index contributed by atoms with van der Waals surface area (Å²) in [5.41, 5.74) is 1.76. The van der Waals surface area contributed by atoms with Crippen LogP contribution in [0.25, 0.3) is 0 Å². The van der Waals surface area contributed by atoms with Crippen molar-refractivity contribution >= 4 is 40.7 Å². The molecule has 0 heterocycles. The van der Waals surface area contributed by atoms with Gasteiger partial charge in [-0.1, -0.05) is 53.5 Å². The van der Waals surface area contributed by atoms with E-state index in [9.17, 15) is 9.59 Å². The zero-order valence-corrected chi connectivity index (χ0v) is 15.7. The Kier molecular flexibility index (Phi) is 6.17. The van der Waals surface area contributed by atoms with Crippen molar-refractivity contribution in [2.75, 3.05) is 11.9 Å². The lowest BCUT2D eigenvalue weighted by atomic mass is 10.1. The fourth-order valence-corrected chi connectivity index (χ4v) is 3.33. The molecule has 0 spiro atoms. The number of benzene rings is 2. The van der Waals surface area contributed by atoms with Crippen LogP contribution in [0.4, 0.5) is 5.69 Å². The Hall–Kier alpha value is -2.04. The number of aryl methyl sites for hydroxylation is 1. The topological polar surface area (TPSA) is 58.2 Å². The molecule has 0 saturated heterocycles. The number of amides is 2. The molecule has 0 aromatic heterocycles. The van der Waals surface area contributed by atoms with Gasteiger partial charge < -0.3 is 10.6 Å². The third kappa shape index (κ3) is 4.99. The second-order valence-corrected chi connectivity index (χ2v) is 7.29. The minimum absolute atomic E-state index is 0.0552. The summed E-state index contributed by atoms with van der Waals surface area (Å²) in [6.07, 6.45) is 2.37. The molecule has 2 unspecified atom stereocenters. The number of rotatable bonds is 7. The van der Waals surface area contributed by atoms with E-state index in [-0.39, 0.29) is 23.7 Å². The maximum Gasteiger partial charge on any atom is 0.228 e. The molecule has 4 nitrogen and oxygen atoms in total. The molecule has 1 fully saturated rings. The van der Waals surface area contributed by atoms with Crippen LogP contribution in [0.5, 0.6) is 0 Å². The Morgan fingerprint density at radius 1 is 1.00 bits per heavy atom. The van der Waals surface area contributed by atoms with Crippen molar-refractivity contribution in [1.82, 2.24) is 5.32 Å². The van der Waals surface area contributed by atoms with Gasteiger partial charge in [-0.25, -0.2) is 0 Å². The third-order valence-electron chi connectivity index (χ3n) is 4.44. The van der Waals surface area contributed by atoms with Crippen molar-refractivity contribution in [2.45, 2.75) is 19.3 Å². The van der Waals surface area contributed by atoms with Gasteiger partial charge in [-0.15, -0.1) is 0 Å². The molecular formula is C20H20Cl2N2O2. The van der Waals surface area contributed by atoms with Crippen molar-refractivity contribution in [1.29, 1.82) is 0 Å². The van der Waals surface area contributed by atoms with Gasteiger partial charge in [-0.05, 0) is 43.0 Å². The minimum atomic E-state index is -0.295. The normalized spacial score (nSPS) is 18.2. The molecule has 0 bridgehead atoms. The number of halogens is 2. The van der Waals surface area contributed by atoms with Crippen LogP contribution in [0.15, 0.2) is 48.5 Å². The lowest BCUT2D eigenvalue weighted by Crippen LogP contribution is -2.28. The van der Waals surface area contributed by atoms with Crippen molar-refractivity contribution in [3.8, 4) is 0 Å². The molecule has 2 amide bonds. The summed E-state index contributed by atoms with van der Waals surface area (Å²) in [5, 5.41) is 6.57. The van der Waals surface area contributed by atoms with Crippen molar-refractivity contribution < 1.29 is 9.59 Å². The van der Waals surface area contributed by atoms with Crippen LogP contribution in [0, 0.1) is 11.8 Å². The highest BCUT2D eigenvalue weighted by Gasteiger charge is 2.47. The van der Waals surface area contributed by atoms with E-state index in [2.05, 4.69) is 22.8 Å². The Morgan fingerprint density at radius 3 is 2.46 bits per heavy atom. The van der Waals surface area contributed by atoms with E-state index in [1.165, 1.54) is 5.56 Å². The van der Waals surface area contributed by atoms with Gasteiger partial charge in [0.05, 0.1) is 22.5 Å². The molecule has 0 aliphatic heterocycles. The number of nitrogens with one attached hydrogen (secondary N) is 2. The largest absolute Gasteiger partial charge is 0.356 e. The van der Waals surface area contributed by atoms with Gasteiger partial charge in [0.1, 0.15) is 0 Å². The van der Waals surface area contributed by atoms with Crippen molar-refractivity contribution in [3.05, 3.63) is 64.1 Å². The lowest BCUT2D eigenvalue weighted by Gasteiger charge is -2.08. The van der Waals surface area contributed by atoms with E-state index >= 15 is 0 Å². The summed E-state index contributed by atoms with van der Waals surface area (Å²) in [6.45, 7) is 0.613. The Bertz CT molecular complexity index is 796. The first-order valence-corrected chi connectivity index (χ1v) is 9.38. The Balaban J connectivity index is 1.40. The summed E-state index contributed by atoms with van der Waals surface area (Å²) in [7, 11) is 0. The van der Waals surface area contributed by atoms with Gasteiger partial charge in [0.2, 0.25) is 11.8 Å². The molecule has 2 N–H and O–H groups in total. The van der Waals surface area contributed by atoms with Gasteiger partial charge in [0.25, 0.3) is 0 Å². The molecule has 2 aromatic carbocycles. The third-order valence-corrected chi connectivity index (χ3v) is 4.99. The van der Waals surface area contributed by atoms with Crippen LogP contribution >= 0.6 is 23.2 Å². The van der Waals surface area contributed by atoms with E-state index in [1.54, 1.807) is 18.2 Å². The fraction of sp³-hybridized carbons (Fsp3) is 0.300. The first-order valence-electron chi connectivity index (χ1n) is 8.62. The van der Waals surface area contributed by atoms with Gasteiger partial charge in [0, 0.05) is 11.6 Å². The van der Waals surface area contributed by atoms with E-state index in [0.29, 0.717) is 28.7 Å². The zero-order chi connectivity index (χ0) is 18.5. The van der Waals surface area contributed by atoms with Gasteiger partial charge in [-0.2, -0.15) is 0 Å². The van der Waals surface area contributed by atoms with Crippen molar-refractivity contribution in [3.63, 3.8) is 0 Å². The summed E-state index contributed by atoms with van der Waals surface area (Å²) in [5.74, 6) is -0.784. The molecule has 0 radical (unpaired) electrons. The number of carbonyl (C=O) groups is 2. The number of carbonyl (C=O) groups excluding carboxylic acids is 2. The molecule has 2 atom stereocenters. The molecule has 1 saturated carbocycles. The molecule has 136 valence electrons. The average Bonchev–Trinajstić information content (AvgIpc) is 3.43. The number of hydrogen-bond acceptors (Lipinski definition) is 2. The fourth-order valence-electron chi connectivity index (χ4n) is 2.87. The van der Waals surface area contributed by atoms with Crippen LogP contribution in [0.1, 0.15) is 18.4 Å². The van der Waals surface area contributed by atoms with Gasteiger partial charge in [0.15, 0.2) is 0 Å². The van der Waals surface area contributed by atoms with Gasteiger partial charge >= 0.3 is 0 Å². The number of anilines is 1. The van der Waals surface area contributed by atoms with Crippen LogP contribution in [0.2, 0.25) is 10.0 Å². The Morgan fingerprint density at radius 2 is 1.73 bits per heavy atom. The maximum absolute atomic E-state index is 12.3. The van der Waals surface area contributed by atoms with E-state index in [4.69, 9.17) is 23.2 Å². The van der Waals surface area contributed by atoms with Crippen molar-refractivity contribution in [2.24, 2.45) is 11.8 Å². The first-order chi connectivity index (χ1) is 12.5. The second-order valence-electron chi connectivity index (χ2n) is 6.44. The molecule has 1 aliphatic carbocycles. The van der Waals surface area contributed by atoms with E-state index < -0.39 is 0 Å². The molecule has 2 aromatic rings. The summed E-state index contributed by atoms with van der Waals surface area (Å²) < 4.78 is 0. The number of hydrogen-bond donors (Lipinski definition) is 2. The van der Waals surface area contributed by atoms with Crippen LogP contribution in [0.3, 0.4) is 0 Å². The molecular weight excluding hydrogens is 371 g/mol. The predicted molar refractivity (Wildman–Crippen MR) is 104 cm³/mol. The quantitative estimate of drug-likeness (QED) is 0.691.